The van der Waals surface area contributed by atoms with Crippen LogP contribution in [0.3, 0.4) is 0 Å². The van der Waals surface area contributed by atoms with Gasteiger partial charge in [-0.25, -0.2) is 4.79 Å². The first-order valence-corrected chi connectivity index (χ1v) is 7.93. The van der Waals surface area contributed by atoms with Crippen LogP contribution in [0.2, 0.25) is 0 Å². The standard InChI is InChI=1S/C21H18O3/c22-20(18-8-4-5-9-19(18)21(23)24)17-12-10-16(11-13-17)14-15-6-2-1-3-7-15/h1-12,17H,13-14H2,(H,23,24). The third-order valence-corrected chi connectivity index (χ3v) is 4.19. The van der Waals surface area contributed by atoms with Gasteiger partial charge in [-0.2, -0.15) is 0 Å². The van der Waals surface area contributed by atoms with Gasteiger partial charge in [0, 0.05) is 11.5 Å². The van der Waals surface area contributed by atoms with E-state index >= 15 is 0 Å². The summed E-state index contributed by atoms with van der Waals surface area (Å²) in [5.41, 5.74) is 2.75. The SMILES string of the molecule is O=C(O)c1ccccc1C(=O)C1C=CC(Cc2ccccc2)=CC1. The molecule has 2 aromatic carbocycles. The molecule has 0 heterocycles. The number of hydrogen-bond donors (Lipinski definition) is 1. The Kier molecular flexibility index (Phi) is 4.71. The van der Waals surface area contributed by atoms with Crippen LogP contribution < -0.4 is 0 Å². The molecule has 1 N–H and O–H groups in total. The first kappa shape index (κ1) is 15.9. The molecule has 3 heteroatoms. The molecule has 1 unspecified atom stereocenters. The summed E-state index contributed by atoms with van der Waals surface area (Å²) in [6.07, 6.45) is 7.37. The molecule has 0 aromatic heterocycles. The van der Waals surface area contributed by atoms with Crippen LogP contribution in [0.4, 0.5) is 0 Å². The van der Waals surface area contributed by atoms with Crippen LogP contribution in [-0.4, -0.2) is 16.9 Å². The van der Waals surface area contributed by atoms with Gasteiger partial charge in [-0.15, -0.1) is 0 Å². The van der Waals surface area contributed by atoms with Crippen LogP contribution in [0, 0.1) is 5.92 Å². The summed E-state index contributed by atoms with van der Waals surface area (Å²) in [7, 11) is 0. The lowest BCUT2D eigenvalue weighted by molar-refractivity contribution is 0.0691. The van der Waals surface area contributed by atoms with Gasteiger partial charge in [0.25, 0.3) is 0 Å². The largest absolute Gasteiger partial charge is 0.478 e. The van der Waals surface area contributed by atoms with Gasteiger partial charge < -0.3 is 5.11 Å². The Labute approximate surface area is 141 Å². The highest BCUT2D eigenvalue weighted by Crippen LogP contribution is 2.24. The van der Waals surface area contributed by atoms with Gasteiger partial charge in [-0.3, -0.25) is 4.79 Å². The first-order valence-electron chi connectivity index (χ1n) is 7.93. The van der Waals surface area contributed by atoms with Crippen LogP contribution in [0.15, 0.2) is 78.4 Å². The molecule has 1 atom stereocenters. The second-order valence-corrected chi connectivity index (χ2v) is 5.86. The molecule has 0 saturated carbocycles. The smallest absolute Gasteiger partial charge is 0.336 e. The van der Waals surface area contributed by atoms with Crippen molar-refractivity contribution in [1.82, 2.24) is 0 Å². The normalized spacial score (nSPS) is 16.5. The van der Waals surface area contributed by atoms with E-state index in [-0.39, 0.29) is 22.8 Å². The lowest BCUT2D eigenvalue weighted by Crippen LogP contribution is -2.17. The summed E-state index contributed by atoms with van der Waals surface area (Å²) in [6.45, 7) is 0. The van der Waals surface area contributed by atoms with Gasteiger partial charge in [0.05, 0.1) is 5.56 Å². The number of Topliss-reactive ketones (excluding diaryl/α,β-unsaturated/α-hetero) is 1. The molecule has 0 amide bonds. The molecule has 0 aliphatic heterocycles. The van der Waals surface area contributed by atoms with Gasteiger partial charge in [0.2, 0.25) is 0 Å². The van der Waals surface area contributed by atoms with Crippen molar-refractivity contribution in [2.75, 3.05) is 0 Å². The zero-order chi connectivity index (χ0) is 16.9. The van der Waals surface area contributed by atoms with Crippen LogP contribution in [0.25, 0.3) is 0 Å². The van der Waals surface area contributed by atoms with Crippen molar-refractivity contribution in [2.45, 2.75) is 12.8 Å². The van der Waals surface area contributed by atoms with Gasteiger partial charge >= 0.3 is 5.97 Å². The first-order chi connectivity index (χ1) is 11.6. The molecule has 1 aliphatic rings. The van der Waals surface area contributed by atoms with E-state index < -0.39 is 5.97 Å². The molecule has 2 aromatic rings. The van der Waals surface area contributed by atoms with Crippen molar-refractivity contribution in [3.63, 3.8) is 0 Å². The number of carbonyl (C=O) groups excluding carboxylic acids is 1. The Balaban J connectivity index is 1.72. The maximum Gasteiger partial charge on any atom is 0.336 e. The third-order valence-electron chi connectivity index (χ3n) is 4.19. The molecule has 24 heavy (non-hydrogen) atoms. The molecular formula is C21H18O3. The Morgan fingerprint density at radius 3 is 2.25 bits per heavy atom. The molecule has 0 radical (unpaired) electrons. The fraction of sp³-hybridized carbons (Fsp3) is 0.143. The minimum Gasteiger partial charge on any atom is -0.478 e. The lowest BCUT2D eigenvalue weighted by atomic mass is 9.87. The fourth-order valence-electron chi connectivity index (χ4n) is 2.91. The second-order valence-electron chi connectivity index (χ2n) is 5.86. The van der Waals surface area contributed by atoms with Gasteiger partial charge in [0.1, 0.15) is 0 Å². The van der Waals surface area contributed by atoms with Crippen molar-refractivity contribution in [3.05, 3.63) is 95.1 Å². The van der Waals surface area contributed by atoms with Crippen molar-refractivity contribution >= 4 is 11.8 Å². The summed E-state index contributed by atoms with van der Waals surface area (Å²) in [5, 5.41) is 9.24. The summed E-state index contributed by atoms with van der Waals surface area (Å²) in [4.78, 5) is 23.9. The maximum atomic E-state index is 12.6. The van der Waals surface area contributed by atoms with Crippen LogP contribution in [0.1, 0.15) is 32.7 Å². The average Bonchev–Trinajstić information content (AvgIpc) is 2.62. The predicted octanol–water partition coefficient (Wildman–Crippen LogP) is 4.31. The Morgan fingerprint density at radius 2 is 1.62 bits per heavy atom. The summed E-state index contributed by atoms with van der Waals surface area (Å²) < 4.78 is 0. The average molecular weight is 318 g/mol. The van der Waals surface area contributed by atoms with E-state index in [9.17, 15) is 14.7 Å². The summed E-state index contributed by atoms with van der Waals surface area (Å²) in [5.74, 6) is -1.51. The molecule has 3 nitrogen and oxygen atoms in total. The van der Waals surface area contributed by atoms with Crippen LogP contribution in [0.5, 0.6) is 0 Å². The molecule has 3 rings (SSSR count). The van der Waals surface area contributed by atoms with E-state index in [0.717, 1.165) is 6.42 Å². The Hall–Kier alpha value is -2.94. The highest BCUT2D eigenvalue weighted by Gasteiger charge is 2.23. The molecule has 0 spiro atoms. The number of rotatable bonds is 5. The van der Waals surface area contributed by atoms with Crippen molar-refractivity contribution in [3.8, 4) is 0 Å². The van der Waals surface area contributed by atoms with Crippen molar-refractivity contribution in [1.29, 1.82) is 0 Å². The molecule has 0 fully saturated rings. The zero-order valence-electron chi connectivity index (χ0n) is 13.2. The topological polar surface area (TPSA) is 54.4 Å². The van der Waals surface area contributed by atoms with E-state index in [1.165, 1.54) is 17.2 Å². The van der Waals surface area contributed by atoms with Crippen LogP contribution >= 0.6 is 0 Å². The highest BCUT2D eigenvalue weighted by atomic mass is 16.4. The van der Waals surface area contributed by atoms with Gasteiger partial charge in [-0.05, 0) is 30.0 Å². The van der Waals surface area contributed by atoms with E-state index in [2.05, 4.69) is 18.2 Å². The third kappa shape index (κ3) is 3.51. The maximum absolute atomic E-state index is 12.6. The quantitative estimate of drug-likeness (QED) is 0.836. The summed E-state index contributed by atoms with van der Waals surface area (Å²) >= 11 is 0. The number of carboxylic acid groups (broad SMARTS) is 1. The molecule has 120 valence electrons. The number of aromatic carboxylic acids is 1. The number of ketones is 1. The predicted molar refractivity (Wildman–Crippen MR) is 93.2 cm³/mol. The van der Waals surface area contributed by atoms with Crippen molar-refractivity contribution < 1.29 is 14.7 Å². The van der Waals surface area contributed by atoms with E-state index in [4.69, 9.17) is 0 Å². The fourth-order valence-corrected chi connectivity index (χ4v) is 2.91. The molecule has 0 bridgehead atoms. The molecule has 0 saturated heterocycles. The van der Waals surface area contributed by atoms with Gasteiger partial charge in [0.15, 0.2) is 5.78 Å². The highest BCUT2D eigenvalue weighted by molar-refractivity contribution is 6.07. The number of hydrogen-bond acceptors (Lipinski definition) is 2. The monoisotopic (exact) mass is 318 g/mol. The molecule has 1 aliphatic carbocycles. The number of carboxylic acids is 1. The Morgan fingerprint density at radius 1 is 0.958 bits per heavy atom. The van der Waals surface area contributed by atoms with Crippen LogP contribution in [-0.2, 0) is 6.42 Å². The zero-order valence-corrected chi connectivity index (χ0v) is 13.2. The van der Waals surface area contributed by atoms with E-state index in [0.29, 0.717) is 6.42 Å². The lowest BCUT2D eigenvalue weighted by Gasteiger charge is -2.16. The molecular weight excluding hydrogens is 300 g/mol. The number of allylic oxidation sites excluding steroid dienone is 4. The Bertz CT molecular complexity index is 816. The van der Waals surface area contributed by atoms with E-state index in [1.54, 1.807) is 18.2 Å². The second kappa shape index (κ2) is 7.09. The van der Waals surface area contributed by atoms with Crippen molar-refractivity contribution in [2.24, 2.45) is 5.92 Å². The minimum absolute atomic E-state index is 0.0648. The minimum atomic E-state index is -1.07. The number of carbonyl (C=O) groups is 2. The summed E-state index contributed by atoms with van der Waals surface area (Å²) in [6, 6.07) is 16.6. The number of benzene rings is 2. The van der Waals surface area contributed by atoms with Gasteiger partial charge in [-0.1, -0.05) is 66.8 Å². The van der Waals surface area contributed by atoms with E-state index in [1.807, 2.05) is 30.4 Å².